The summed E-state index contributed by atoms with van der Waals surface area (Å²) in [5, 5.41) is 0. The number of benzene rings is 1. The molecule has 1 aromatic rings. The third-order valence-corrected chi connectivity index (χ3v) is 2.93. The Bertz CT molecular complexity index is 392. The molecule has 1 aromatic carbocycles. The van der Waals surface area contributed by atoms with Gasteiger partial charge in [0.2, 0.25) is 0 Å². The van der Waals surface area contributed by atoms with E-state index in [1.807, 2.05) is 25.1 Å². The minimum atomic E-state index is 0.0340. The van der Waals surface area contributed by atoms with Gasteiger partial charge in [-0.25, -0.2) is 0 Å². The molecule has 0 radical (unpaired) electrons. The Morgan fingerprint density at radius 1 is 1.47 bits per heavy atom. The van der Waals surface area contributed by atoms with E-state index in [0.717, 1.165) is 15.7 Å². The Morgan fingerprint density at radius 2 is 2.27 bits per heavy atom. The van der Waals surface area contributed by atoms with Crippen molar-refractivity contribution in [2.75, 3.05) is 24.7 Å². The molecule has 4 heteroatoms. The fourth-order valence-electron chi connectivity index (χ4n) is 1.69. The molecule has 1 aliphatic heterocycles. The molecule has 1 saturated heterocycles. The lowest BCUT2D eigenvalue weighted by atomic mass is 10.1. The van der Waals surface area contributed by atoms with Crippen LogP contribution in [-0.2, 0) is 9.53 Å². The largest absolute Gasteiger partial charge is 0.370 e. The molecule has 0 bridgehead atoms. The van der Waals surface area contributed by atoms with Crippen molar-refractivity contribution in [3.05, 3.63) is 28.2 Å². The van der Waals surface area contributed by atoms with Crippen molar-refractivity contribution in [1.29, 1.82) is 0 Å². The molecule has 0 atom stereocenters. The summed E-state index contributed by atoms with van der Waals surface area (Å²) in [6, 6.07) is 5.92. The van der Waals surface area contributed by atoms with E-state index in [-0.39, 0.29) is 12.5 Å². The number of amides is 1. The van der Waals surface area contributed by atoms with Crippen LogP contribution in [0.3, 0.4) is 0 Å². The molecular formula is C11H12BrNO2. The first kappa shape index (κ1) is 10.6. The van der Waals surface area contributed by atoms with E-state index in [0.29, 0.717) is 13.2 Å². The summed E-state index contributed by atoms with van der Waals surface area (Å²) in [4.78, 5) is 13.4. The lowest BCUT2D eigenvalue weighted by molar-refractivity contribution is -0.125. The van der Waals surface area contributed by atoms with Gasteiger partial charge in [-0.05, 0) is 30.7 Å². The Kier molecular flexibility index (Phi) is 3.07. The van der Waals surface area contributed by atoms with Gasteiger partial charge in [0.05, 0.1) is 6.61 Å². The van der Waals surface area contributed by atoms with E-state index < -0.39 is 0 Å². The smallest absolute Gasteiger partial charge is 0.253 e. The Hall–Kier alpha value is -0.870. The first-order chi connectivity index (χ1) is 7.18. The minimum absolute atomic E-state index is 0.0340. The van der Waals surface area contributed by atoms with Crippen LogP contribution in [0.15, 0.2) is 22.7 Å². The molecule has 0 N–H and O–H groups in total. The minimum Gasteiger partial charge on any atom is -0.370 e. The second-order valence-electron chi connectivity index (χ2n) is 3.53. The Balaban J connectivity index is 2.31. The van der Waals surface area contributed by atoms with Gasteiger partial charge < -0.3 is 9.64 Å². The van der Waals surface area contributed by atoms with Crippen LogP contribution >= 0.6 is 15.9 Å². The van der Waals surface area contributed by atoms with Gasteiger partial charge in [0.15, 0.2) is 0 Å². The highest BCUT2D eigenvalue weighted by atomic mass is 79.9. The third kappa shape index (κ3) is 2.21. The molecule has 0 aliphatic carbocycles. The van der Waals surface area contributed by atoms with Crippen LogP contribution in [0.2, 0.25) is 0 Å². The Labute approximate surface area is 97.2 Å². The molecule has 0 saturated carbocycles. The summed E-state index contributed by atoms with van der Waals surface area (Å²) >= 11 is 3.41. The van der Waals surface area contributed by atoms with Crippen molar-refractivity contribution in [2.24, 2.45) is 0 Å². The van der Waals surface area contributed by atoms with E-state index >= 15 is 0 Å². The van der Waals surface area contributed by atoms with Gasteiger partial charge in [-0.1, -0.05) is 15.9 Å². The van der Waals surface area contributed by atoms with Crippen LogP contribution < -0.4 is 4.90 Å². The van der Waals surface area contributed by atoms with Crippen molar-refractivity contribution < 1.29 is 9.53 Å². The van der Waals surface area contributed by atoms with E-state index in [9.17, 15) is 4.79 Å². The monoisotopic (exact) mass is 269 g/mol. The van der Waals surface area contributed by atoms with Gasteiger partial charge >= 0.3 is 0 Å². The molecule has 80 valence electrons. The summed E-state index contributed by atoms with van der Waals surface area (Å²) < 4.78 is 6.13. The highest BCUT2D eigenvalue weighted by molar-refractivity contribution is 9.10. The third-order valence-electron chi connectivity index (χ3n) is 2.44. The second kappa shape index (κ2) is 4.33. The number of hydrogen-bond donors (Lipinski definition) is 0. The molecule has 1 aliphatic rings. The number of ether oxygens (including phenoxy) is 1. The van der Waals surface area contributed by atoms with Crippen molar-refractivity contribution in [3.8, 4) is 0 Å². The predicted molar refractivity (Wildman–Crippen MR) is 62.1 cm³/mol. The maximum Gasteiger partial charge on any atom is 0.253 e. The van der Waals surface area contributed by atoms with E-state index in [2.05, 4.69) is 15.9 Å². The predicted octanol–water partition coefficient (Wildman–Crippen LogP) is 2.12. The maximum atomic E-state index is 11.6. The molecule has 0 unspecified atom stereocenters. The van der Waals surface area contributed by atoms with E-state index in [1.54, 1.807) is 4.90 Å². The van der Waals surface area contributed by atoms with Gasteiger partial charge in [0.25, 0.3) is 5.91 Å². The van der Waals surface area contributed by atoms with Crippen molar-refractivity contribution in [3.63, 3.8) is 0 Å². The van der Waals surface area contributed by atoms with Crippen molar-refractivity contribution in [1.82, 2.24) is 0 Å². The second-order valence-corrected chi connectivity index (χ2v) is 4.44. The maximum absolute atomic E-state index is 11.6. The average molecular weight is 270 g/mol. The Morgan fingerprint density at radius 3 is 2.93 bits per heavy atom. The lowest BCUT2D eigenvalue weighted by Gasteiger charge is -2.28. The zero-order valence-corrected chi connectivity index (χ0v) is 10.1. The number of rotatable bonds is 1. The number of carbonyl (C=O) groups excluding carboxylic acids is 1. The SMILES string of the molecule is Cc1cc(Br)ccc1N1CCOCC1=O. The summed E-state index contributed by atoms with van der Waals surface area (Å²) in [7, 11) is 0. The molecule has 0 aromatic heterocycles. The van der Waals surface area contributed by atoms with Crippen LogP contribution in [0.5, 0.6) is 0 Å². The number of carbonyl (C=O) groups is 1. The highest BCUT2D eigenvalue weighted by Gasteiger charge is 2.21. The first-order valence-electron chi connectivity index (χ1n) is 4.83. The number of morpholine rings is 1. The van der Waals surface area contributed by atoms with Crippen LogP contribution in [0.1, 0.15) is 5.56 Å². The number of hydrogen-bond acceptors (Lipinski definition) is 2. The highest BCUT2D eigenvalue weighted by Crippen LogP contribution is 2.24. The van der Waals surface area contributed by atoms with E-state index in [4.69, 9.17) is 4.74 Å². The van der Waals surface area contributed by atoms with E-state index in [1.165, 1.54) is 0 Å². The molecule has 1 heterocycles. The molecule has 1 fully saturated rings. The average Bonchev–Trinajstić information content (AvgIpc) is 2.20. The fourth-order valence-corrected chi connectivity index (χ4v) is 2.17. The molecule has 0 spiro atoms. The topological polar surface area (TPSA) is 29.5 Å². The summed E-state index contributed by atoms with van der Waals surface area (Å²) in [6.45, 7) is 3.45. The standard InChI is InChI=1S/C11H12BrNO2/c1-8-6-9(12)2-3-10(8)13-4-5-15-7-11(13)14/h2-3,6H,4-5,7H2,1H3. The summed E-state index contributed by atoms with van der Waals surface area (Å²) in [5.74, 6) is 0.0340. The van der Waals surface area contributed by atoms with Gasteiger partial charge in [-0.3, -0.25) is 4.79 Å². The summed E-state index contributed by atoms with van der Waals surface area (Å²) in [5.41, 5.74) is 2.08. The number of anilines is 1. The van der Waals surface area contributed by atoms with Crippen LogP contribution in [0.25, 0.3) is 0 Å². The van der Waals surface area contributed by atoms with Gasteiger partial charge in [-0.15, -0.1) is 0 Å². The zero-order valence-electron chi connectivity index (χ0n) is 8.50. The van der Waals surface area contributed by atoms with Crippen LogP contribution in [-0.4, -0.2) is 25.7 Å². The molecule has 2 rings (SSSR count). The van der Waals surface area contributed by atoms with Gasteiger partial charge in [-0.2, -0.15) is 0 Å². The number of halogens is 1. The number of aryl methyl sites for hydroxylation is 1. The fraction of sp³-hybridized carbons (Fsp3) is 0.364. The summed E-state index contributed by atoms with van der Waals surface area (Å²) in [6.07, 6.45) is 0. The normalized spacial score (nSPS) is 16.9. The molecular weight excluding hydrogens is 258 g/mol. The van der Waals surface area contributed by atoms with Gasteiger partial charge in [0.1, 0.15) is 6.61 Å². The van der Waals surface area contributed by atoms with Crippen molar-refractivity contribution >= 4 is 27.5 Å². The molecule has 15 heavy (non-hydrogen) atoms. The van der Waals surface area contributed by atoms with Crippen LogP contribution in [0.4, 0.5) is 5.69 Å². The molecule has 1 amide bonds. The van der Waals surface area contributed by atoms with Gasteiger partial charge in [0, 0.05) is 16.7 Å². The quantitative estimate of drug-likeness (QED) is 0.782. The first-order valence-corrected chi connectivity index (χ1v) is 5.62. The number of nitrogens with zero attached hydrogens (tertiary/aromatic N) is 1. The van der Waals surface area contributed by atoms with Crippen molar-refractivity contribution in [2.45, 2.75) is 6.92 Å². The lowest BCUT2D eigenvalue weighted by Crippen LogP contribution is -2.42. The van der Waals surface area contributed by atoms with Crippen LogP contribution in [0, 0.1) is 6.92 Å². The zero-order chi connectivity index (χ0) is 10.8. The molecule has 3 nitrogen and oxygen atoms in total.